The predicted octanol–water partition coefficient (Wildman–Crippen LogP) is 4.48. The van der Waals surface area contributed by atoms with E-state index in [0.717, 1.165) is 5.56 Å². The first-order valence-electron chi connectivity index (χ1n) is 8.68. The van der Waals surface area contributed by atoms with Crippen molar-refractivity contribution in [1.82, 2.24) is 10.6 Å². The van der Waals surface area contributed by atoms with Gasteiger partial charge in [0.1, 0.15) is 11.6 Å². The summed E-state index contributed by atoms with van der Waals surface area (Å²) in [5.41, 5.74) is 2.03. The lowest BCUT2D eigenvalue weighted by molar-refractivity contribution is -0.0504. The van der Waals surface area contributed by atoms with Crippen molar-refractivity contribution in [3.05, 3.63) is 64.5 Å². The number of guanidine groups is 1. The van der Waals surface area contributed by atoms with Gasteiger partial charge in [-0.25, -0.2) is 9.38 Å². The summed E-state index contributed by atoms with van der Waals surface area (Å²) in [4.78, 5) is 4.37. The van der Waals surface area contributed by atoms with Crippen LogP contribution in [0.2, 0.25) is 0 Å². The lowest BCUT2D eigenvalue weighted by atomic mass is 10.1. The first-order valence-corrected chi connectivity index (χ1v) is 8.68. The number of aliphatic imine (C=N–C) groups is 1. The van der Waals surface area contributed by atoms with Gasteiger partial charge < -0.3 is 15.4 Å². The van der Waals surface area contributed by atoms with Gasteiger partial charge in [0, 0.05) is 24.2 Å². The largest absolute Gasteiger partial charge is 0.434 e. The van der Waals surface area contributed by atoms with Crippen molar-refractivity contribution in [3.8, 4) is 11.8 Å². The summed E-state index contributed by atoms with van der Waals surface area (Å²) >= 11 is 0. The molecule has 0 aliphatic carbocycles. The van der Waals surface area contributed by atoms with Crippen LogP contribution < -0.4 is 15.4 Å². The number of aryl methyl sites for hydroxylation is 1. The Hall–Kier alpha value is -2.48. The van der Waals surface area contributed by atoms with Gasteiger partial charge in [-0.05, 0) is 32.0 Å². The van der Waals surface area contributed by atoms with Crippen LogP contribution in [0.15, 0.2) is 41.4 Å². The van der Waals surface area contributed by atoms with E-state index in [9.17, 15) is 13.2 Å². The topological polar surface area (TPSA) is 69.4 Å². The molecular formula is C20H22F3IN4O. The molecule has 5 nitrogen and oxygen atoms in total. The molecule has 0 aromatic heterocycles. The van der Waals surface area contributed by atoms with E-state index in [1.165, 1.54) is 24.3 Å². The second-order valence-corrected chi connectivity index (χ2v) is 5.96. The molecular weight excluding hydrogens is 496 g/mol. The van der Waals surface area contributed by atoms with Gasteiger partial charge in [0.25, 0.3) is 0 Å². The normalized spacial score (nSPS) is 10.9. The number of halogens is 4. The number of hydrogen-bond donors (Lipinski definition) is 2. The van der Waals surface area contributed by atoms with E-state index in [2.05, 4.69) is 20.4 Å². The molecule has 0 aliphatic heterocycles. The van der Waals surface area contributed by atoms with Gasteiger partial charge in [-0.15, -0.1) is 24.0 Å². The SMILES string of the molecule is CCNC(=NCc1cc(C)ccc1OC(F)F)NCc1ccc(C#N)cc1F.I. The number of alkyl halides is 2. The first-order chi connectivity index (χ1) is 13.4. The average Bonchev–Trinajstić information content (AvgIpc) is 2.66. The Morgan fingerprint density at radius 2 is 1.93 bits per heavy atom. The molecule has 0 aliphatic rings. The monoisotopic (exact) mass is 518 g/mol. The van der Waals surface area contributed by atoms with E-state index >= 15 is 0 Å². The molecule has 0 amide bonds. The fourth-order valence-corrected chi connectivity index (χ4v) is 2.49. The van der Waals surface area contributed by atoms with Crippen molar-refractivity contribution >= 4 is 29.9 Å². The highest BCUT2D eigenvalue weighted by Crippen LogP contribution is 2.23. The zero-order chi connectivity index (χ0) is 20.5. The molecule has 0 bridgehead atoms. The second-order valence-electron chi connectivity index (χ2n) is 5.96. The zero-order valence-electron chi connectivity index (χ0n) is 16.0. The third-order valence-electron chi connectivity index (χ3n) is 3.81. The van der Waals surface area contributed by atoms with Crippen LogP contribution in [-0.2, 0) is 13.1 Å². The molecule has 0 radical (unpaired) electrons. The maximum atomic E-state index is 14.0. The van der Waals surface area contributed by atoms with E-state index in [1.807, 2.05) is 19.9 Å². The molecule has 29 heavy (non-hydrogen) atoms. The zero-order valence-corrected chi connectivity index (χ0v) is 18.3. The lowest BCUT2D eigenvalue weighted by Gasteiger charge is -2.13. The van der Waals surface area contributed by atoms with Crippen LogP contribution in [0.25, 0.3) is 0 Å². The highest BCUT2D eigenvalue weighted by molar-refractivity contribution is 14.0. The van der Waals surface area contributed by atoms with Crippen LogP contribution in [-0.4, -0.2) is 19.1 Å². The van der Waals surface area contributed by atoms with Crippen molar-refractivity contribution in [2.24, 2.45) is 4.99 Å². The number of nitrogens with zero attached hydrogens (tertiary/aromatic N) is 2. The molecule has 2 N–H and O–H groups in total. The predicted molar refractivity (Wildman–Crippen MR) is 116 cm³/mol. The van der Waals surface area contributed by atoms with Crippen LogP contribution in [0, 0.1) is 24.1 Å². The van der Waals surface area contributed by atoms with Crippen LogP contribution in [0.1, 0.15) is 29.2 Å². The Labute approximate surface area is 185 Å². The van der Waals surface area contributed by atoms with Gasteiger partial charge in [-0.2, -0.15) is 14.0 Å². The minimum Gasteiger partial charge on any atom is -0.434 e. The summed E-state index contributed by atoms with van der Waals surface area (Å²) in [7, 11) is 0. The van der Waals surface area contributed by atoms with Crippen LogP contribution >= 0.6 is 24.0 Å². The Balaban J connectivity index is 0.00000420. The van der Waals surface area contributed by atoms with Crippen molar-refractivity contribution in [3.63, 3.8) is 0 Å². The minimum atomic E-state index is -2.92. The Kier molecular flexibility index (Phi) is 10.3. The number of nitrogens with one attached hydrogen (secondary N) is 2. The van der Waals surface area contributed by atoms with E-state index in [-0.39, 0.29) is 48.4 Å². The molecule has 2 aromatic carbocycles. The first kappa shape index (κ1) is 24.6. The summed E-state index contributed by atoms with van der Waals surface area (Å²) in [5.74, 6) is -0.0252. The molecule has 0 atom stereocenters. The van der Waals surface area contributed by atoms with Crippen LogP contribution in [0.5, 0.6) is 5.75 Å². The Morgan fingerprint density at radius 1 is 1.17 bits per heavy atom. The van der Waals surface area contributed by atoms with Gasteiger partial charge in [0.15, 0.2) is 5.96 Å². The fourth-order valence-electron chi connectivity index (χ4n) is 2.49. The van der Waals surface area contributed by atoms with E-state index in [1.54, 1.807) is 12.1 Å². The number of nitriles is 1. The summed E-state index contributed by atoms with van der Waals surface area (Å²) < 4.78 is 43.7. The van der Waals surface area contributed by atoms with Gasteiger partial charge in [-0.1, -0.05) is 23.8 Å². The standard InChI is InChI=1S/C20H21F3N4O.HI/c1-3-25-20(26-11-15-6-5-14(10-24)9-17(15)21)27-12-16-8-13(2)4-7-18(16)28-19(22)23;/h4-9,19H,3,11-12H2,1-2H3,(H2,25,26,27);1H. The van der Waals surface area contributed by atoms with Gasteiger partial charge in [0.05, 0.1) is 18.2 Å². The Morgan fingerprint density at radius 3 is 2.55 bits per heavy atom. The maximum absolute atomic E-state index is 14.0. The van der Waals surface area contributed by atoms with Gasteiger partial charge >= 0.3 is 6.61 Å². The van der Waals surface area contributed by atoms with Gasteiger partial charge in [-0.3, -0.25) is 0 Å². The van der Waals surface area contributed by atoms with E-state index in [4.69, 9.17) is 5.26 Å². The Bertz CT molecular complexity index is 885. The van der Waals surface area contributed by atoms with E-state index < -0.39 is 12.4 Å². The highest BCUT2D eigenvalue weighted by atomic mass is 127. The second kappa shape index (κ2) is 12.2. The van der Waals surface area contributed by atoms with Crippen molar-refractivity contribution in [2.75, 3.05) is 6.54 Å². The smallest absolute Gasteiger partial charge is 0.387 e. The van der Waals surface area contributed by atoms with Crippen LogP contribution in [0.4, 0.5) is 13.2 Å². The summed E-state index contributed by atoms with van der Waals surface area (Å²) in [5, 5.41) is 14.8. The molecule has 0 saturated carbocycles. The fraction of sp³-hybridized carbons (Fsp3) is 0.300. The molecule has 0 fully saturated rings. The van der Waals surface area contributed by atoms with Gasteiger partial charge in [0.2, 0.25) is 0 Å². The van der Waals surface area contributed by atoms with Crippen molar-refractivity contribution < 1.29 is 17.9 Å². The molecule has 0 spiro atoms. The minimum absolute atomic E-state index is 0. The van der Waals surface area contributed by atoms with Crippen LogP contribution in [0.3, 0.4) is 0 Å². The third-order valence-corrected chi connectivity index (χ3v) is 3.81. The molecule has 2 aromatic rings. The summed E-state index contributed by atoms with van der Waals surface area (Å²) in [6, 6.07) is 11.0. The average molecular weight is 518 g/mol. The summed E-state index contributed by atoms with van der Waals surface area (Å²) in [6.45, 7) is 1.62. The molecule has 0 saturated heterocycles. The lowest BCUT2D eigenvalue weighted by Crippen LogP contribution is -2.37. The number of hydrogen-bond acceptors (Lipinski definition) is 3. The molecule has 0 unspecified atom stereocenters. The molecule has 156 valence electrons. The number of rotatable bonds is 7. The van der Waals surface area contributed by atoms with Crippen molar-refractivity contribution in [2.45, 2.75) is 33.5 Å². The summed E-state index contributed by atoms with van der Waals surface area (Å²) in [6.07, 6.45) is 0. The van der Waals surface area contributed by atoms with E-state index in [0.29, 0.717) is 23.6 Å². The maximum Gasteiger partial charge on any atom is 0.387 e. The number of ether oxygens (including phenoxy) is 1. The quantitative estimate of drug-likeness (QED) is 0.322. The molecule has 0 heterocycles. The molecule has 9 heteroatoms. The number of benzene rings is 2. The third kappa shape index (κ3) is 7.81. The molecule has 2 rings (SSSR count). The highest BCUT2D eigenvalue weighted by Gasteiger charge is 2.10. The van der Waals surface area contributed by atoms with Crippen molar-refractivity contribution in [1.29, 1.82) is 5.26 Å².